The number of nitrogens with one attached hydrogen (secondary N) is 1. The average molecular weight is 294 g/mol. The van der Waals surface area contributed by atoms with Gasteiger partial charge in [0.25, 0.3) is 5.91 Å². The molecule has 0 heterocycles. The summed E-state index contributed by atoms with van der Waals surface area (Å²) in [6.45, 7) is 2.60. The van der Waals surface area contributed by atoms with Crippen molar-refractivity contribution in [2.75, 3.05) is 13.2 Å². The summed E-state index contributed by atoms with van der Waals surface area (Å²) in [5.74, 6) is 0.664. The van der Waals surface area contributed by atoms with Crippen LogP contribution in [0, 0.1) is 11.3 Å². The molecule has 0 aliphatic carbocycles. The topological polar surface area (TPSA) is 62.1 Å². The summed E-state index contributed by atoms with van der Waals surface area (Å²) in [5.41, 5.74) is 1.75. The molecule has 0 aliphatic heterocycles. The van der Waals surface area contributed by atoms with Gasteiger partial charge in [-0.2, -0.15) is 5.26 Å². The third kappa shape index (κ3) is 4.64. The van der Waals surface area contributed by atoms with Crippen LogP contribution < -0.4 is 10.1 Å². The Hall–Kier alpha value is -2.80. The highest BCUT2D eigenvalue weighted by Crippen LogP contribution is 2.13. The second-order valence-corrected chi connectivity index (χ2v) is 5.04. The van der Waals surface area contributed by atoms with Crippen LogP contribution in [0.1, 0.15) is 24.0 Å². The largest absolute Gasteiger partial charge is 0.484 e. The van der Waals surface area contributed by atoms with Crippen LogP contribution in [0.2, 0.25) is 0 Å². The molecule has 2 rings (SSSR count). The van der Waals surface area contributed by atoms with Gasteiger partial charge in [0.15, 0.2) is 6.61 Å². The molecule has 0 radical (unpaired) electrons. The summed E-state index contributed by atoms with van der Waals surface area (Å²) >= 11 is 0. The van der Waals surface area contributed by atoms with E-state index in [0.717, 1.165) is 0 Å². The van der Waals surface area contributed by atoms with Crippen LogP contribution >= 0.6 is 0 Å². The summed E-state index contributed by atoms with van der Waals surface area (Å²) in [6, 6.07) is 18.7. The summed E-state index contributed by atoms with van der Waals surface area (Å²) in [5, 5.41) is 11.6. The molecule has 2 aromatic carbocycles. The normalized spacial score (nSPS) is 11.3. The summed E-state index contributed by atoms with van der Waals surface area (Å²) in [7, 11) is 0. The standard InChI is InChI=1S/C18H18N2O2/c1-14(16-5-3-2-4-6-16)12-20-18(21)13-22-17-9-7-15(11-19)8-10-17/h2-10,14H,12-13H2,1H3,(H,20,21). The Balaban J connectivity index is 1.75. The maximum absolute atomic E-state index is 11.8. The molecule has 1 unspecified atom stereocenters. The zero-order valence-electron chi connectivity index (χ0n) is 12.5. The van der Waals surface area contributed by atoms with E-state index in [0.29, 0.717) is 17.9 Å². The average Bonchev–Trinajstić information content (AvgIpc) is 2.59. The Morgan fingerprint density at radius 1 is 1.18 bits per heavy atom. The molecule has 2 aromatic rings. The van der Waals surface area contributed by atoms with Gasteiger partial charge in [0, 0.05) is 6.54 Å². The summed E-state index contributed by atoms with van der Waals surface area (Å²) in [4.78, 5) is 11.8. The van der Waals surface area contributed by atoms with Crippen LogP contribution in [-0.4, -0.2) is 19.1 Å². The van der Waals surface area contributed by atoms with Gasteiger partial charge in [-0.3, -0.25) is 4.79 Å². The Labute approximate surface area is 130 Å². The molecule has 0 bridgehead atoms. The highest BCUT2D eigenvalue weighted by atomic mass is 16.5. The van der Waals surface area contributed by atoms with Gasteiger partial charge in [0.1, 0.15) is 5.75 Å². The van der Waals surface area contributed by atoms with E-state index >= 15 is 0 Å². The van der Waals surface area contributed by atoms with E-state index < -0.39 is 0 Å². The van der Waals surface area contributed by atoms with Crippen molar-refractivity contribution in [2.45, 2.75) is 12.8 Å². The third-order valence-corrected chi connectivity index (χ3v) is 3.33. The van der Waals surface area contributed by atoms with Gasteiger partial charge in [-0.25, -0.2) is 0 Å². The van der Waals surface area contributed by atoms with Gasteiger partial charge in [0.05, 0.1) is 11.6 Å². The molecule has 0 aliphatic rings. The van der Waals surface area contributed by atoms with Gasteiger partial charge in [-0.15, -0.1) is 0 Å². The van der Waals surface area contributed by atoms with Crippen molar-refractivity contribution >= 4 is 5.91 Å². The number of ether oxygens (including phenoxy) is 1. The predicted molar refractivity (Wildman–Crippen MR) is 84.5 cm³/mol. The van der Waals surface area contributed by atoms with E-state index in [-0.39, 0.29) is 18.4 Å². The lowest BCUT2D eigenvalue weighted by molar-refractivity contribution is -0.123. The molecule has 1 atom stereocenters. The van der Waals surface area contributed by atoms with E-state index in [1.165, 1.54) is 5.56 Å². The molecule has 1 N–H and O–H groups in total. The number of amides is 1. The van der Waals surface area contributed by atoms with Crippen LogP contribution in [0.15, 0.2) is 54.6 Å². The number of carbonyl (C=O) groups is 1. The van der Waals surface area contributed by atoms with Crippen molar-refractivity contribution in [1.82, 2.24) is 5.32 Å². The van der Waals surface area contributed by atoms with Gasteiger partial charge in [-0.05, 0) is 35.7 Å². The molecule has 22 heavy (non-hydrogen) atoms. The maximum Gasteiger partial charge on any atom is 0.257 e. The molecule has 1 amide bonds. The van der Waals surface area contributed by atoms with Gasteiger partial charge in [0.2, 0.25) is 0 Å². The van der Waals surface area contributed by atoms with Crippen molar-refractivity contribution in [3.05, 3.63) is 65.7 Å². The first kappa shape index (κ1) is 15.6. The molecular weight excluding hydrogens is 276 g/mol. The minimum atomic E-state index is -0.160. The van der Waals surface area contributed by atoms with Crippen molar-refractivity contribution in [2.24, 2.45) is 0 Å². The zero-order chi connectivity index (χ0) is 15.8. The van der Waals surface area contributed by atoms with Crippen LogP contribution in [0.3, 0.4) is 0 Å². The van der Waals surface area contributed by atoms with E-state index in [4.69, 9.17) is 10.00 Å². The van der Waals surface area contributed by atoms with Crippen molar-refractivity contribution < 1.29 is 9.53 Å². The molecule has 0 saturated heterocycles. The molecule has 0 spiro atoms. The Morgan fingerprint density at radius 3 is 2.50 bits per heavy atom. The lowest BCUT2D eigenvalue weighted by Gasteiger charge is -2.13. The Morgan fingerprint density at radius 2 is 1.86 bits per heavy atom. The molecule has 0 fully saturated rings. The van der Waals surface area contributed by atoms with Gasteiger partial charge in [-0.1, -0.05) is 37.3 Å². The molecule has 4 heteroatoms. The van der Waals surface area contributed by atoms with Gasteiger partial charge >= 0.3 is 0 Å². The monoisotopic (exact) mass is 294 g/mol. The molecule has 4 nitrogen and oxygen atoms in total. The fourth-order valence-electron chi connectivity index (χ4n) is 1.99. The number of nitrogens with zero attached hydrogens (tertiary/aromatic N) is 1. The first-order valence-corrected chi connectivity index (χ1v) is 7.13. The number of hydrogen-bond donors (Lipinski definition) is 1. The number of hydrogen-bond acceptors (Lipinski definition) is 3. The lowest BCUT2D eigenvalue weighted by Crippen LogP contribution is -2.31. The first-order chi connectivity index (χ1) is 10.7. The zero-order valence-corrected chi connectivity index (χ0v) is 12.5. The third-order valence-electron chi connectivity index (χ3n) is 3.33. The van der Waals surface area contributed by atoms with Crippen LogP contribution in [-0.2, 0) is 4.79 Å². The second kappa shape index (κ2) is 7.84. The molecule has 112 valence electrons. The quantitative estimate of drug-likeness (QED) is 0.891. The van der Waals surface area contributed by atoms with Crippen molar-refractivity contribution in [1.29, 1.82) is 5.26 Å². The smallest absolute Gasteiger partial charge is 0.257 e. The number of benzene rings is 2. The fourth-order valence-corrected chi connectivity index (χ4v) is 1.99. The minimum Gasteiger partial charge on any atom is -0.484 e. The molecular formula is C18H18N2O2. The maximum atomic E-state index is 11.8. The minimum absolute atomic E-state index is 0.0343. The van der Waals surface area contributed by atoms with E-state index in [1.807, 2.05) is 36.4 Å². The fraction of sp³-hybridized carbons (Fsp3) is 0.222. The summed E-state index contributed by atoms with van der Waals surface area (Å²) in [6.07, 6.45) is 0. The van der Waals surface area contributed by atoms with Crippen LogP contribution in [0.25, 0.3) is 0 Å². The van der Waals surface area contributed by atoms with E-state index in [2.05, 4.69) is 12.2 Å². The predicted octanol–water partition coefficient (Wildman–Crippen LogP) is 2.86. The summed E-state index contributed by atoms with van der Waals surface area (Å²) < 4.78 is 5.38. The second-order valence-electron chi connectivity index (χ2n) is 5.04. The molecule has 0 saturated carbocycles. The number of carbonyl (C=O) groups excluding carboxylic acids is 1. The highest BCUT2D eigenvalue weighted by molar-refractivity contribution is 5.77. The van der Waals surface area contributed by atoms with Crippen molar-refractivity contribution in [3.63, 3.8) is 0 Å². The first-order valence-electron chi connectivity index (χ1n) is 7.13. The Bertz CT molecular complexity index is 645. The SMILES string of the molecule is CC(CNC(=O)COc1ccc(C#N)cc1)c1ccccc1. The number of rotatable bonds is 6. The number of nitriles is 1. The lowest BCUT2D eigenvalue weighted by atomic mass is 10.0. The van der Waals surface area contributed by atoms with E-state index in [9.17, 15) is 4.79 Å². The van der Waals surface area contributed by atoms with Crippen LogP contribution in [0.5, 0.6) is 5.75 Å². The highest BCUT2D eigenvalue weighted by Gasteiger charge is 2.08. The molecule has 0 aromatic heterocycles. The van der Waals surface area contributed by atoms with Crippen molar-refractivity contribution in [3.8, 4) is 11.8 Å². The van der Waals surface area contributed by atoms with Gasteiger partial charge < -0.3 is 10.1 Å². The Kier molecular flexibility index (Phi) is 5.56. The van der Waals surface area contributed by atoms with E-state index in [1.54, 1.807) is 24.3 Å². The van der Waals surface area contributed by atoms with Crippen LogP contribution in [0.4, 0.5) is 0 Å².